The van der Waals surface area contributed by atoms with Crippen LogP contribution in [0.5, 0.6) is 0 Å². The lowest BCUT2D eigenvalue weighted by Crippen LogP contribution is -2.30. The summed E-state index contributed by atoms with van der Waals surface area (Å²) in [5.74, 6) is 0.0184. The Morgan fingerprint density at radius 1 is 0.938 bits per heavy atom. The molecule has 0 spiro atoms. The second-order valence-electron chi connectivity index (χ2n) is 8.00. The minimum absolute atomic E-state index is 0.0186. The van der Waals surface area contributed by atoms with Gasteiger partial charge in [-0.1, -0.05) is 35.3 Å². The van der Waals surface area contributed by atoms with Crippen LogP contribution in [-0.2, 0) is 0 Å². The van der Waals surface area contributed by atoms with E-state index in [2.05, 4.69) is 4.98 Å². The van der Waals surface area contributed by atoms with Gasteiger partial charge in [-0.3, -0.25) is 14.5 Å². The van der Waals surface area contributed by atoms with Gasteiger partial charge in [0.25, 0.3) is 5.91 Å². The Kier molecular flexibility index (Phi) is 4.84. The SMILES string of the molecule is Cc1cccc(N2C(=O)c3oc4cc(C)c(C)cc4c(=O)c3[C@H]2c2ccc(Cl)c(Cl)c2)n1. The Labute approximate surface area is 194 Å². The molecule has 5 nitrogen and oxygen atoms in total. The molecule has 0 saturated carbocycles. The first-order valence-corrected chi connectivity index (χ1v) is 10.8. The van der Waals surface area contributed by atoms with Crippen molar-refractivity contribution in [2.45, 2.75) is 26.8 Å². The highest BCUT2D eigenvalue weighted by Gasteiger charge is 2.44. The molecule has 160 valence electrons. The molecule has 2 aromatic carbocycles. The summed E-state index contributed by atoms with van der Waals surface area (Å²) in [5.41, 5.74) is 3.75. The van der Waals surface area contributed by atoms with Crippen molar-refractivity contribution in [1.82, 2.24) is 4.98 Å². The Hall–Kier alpha value is -3.15. The third-order valence-corrected chi connectivity index (χ3v) is 6.61. The third kappa shape index (κ3) is 3.12. The molecule has 0 fully saturated rings. The van der Waals surface area contributed by atoms with Crippen LogP contribution in [0.4, 0.5) is 5.82 Å². The number of nitrogens with zero attached hydrogens (tertiary/aromatic N) is 2. The number of carbonyl (C=O) groups is 1. The van der Waals surface area contributed by atoms with Gasteiger partial charge in [-0.2, -0.15) is 0 Å². The van der Waals surface area contributed by atoms with E-state index in [1.54, 1.807) is 36.4 Å². The lowest BCUT2D eigenvalue weighted by atomic mass is 9.97. The number of anilines is 1. The average Bonchev–Trinajstić information content (AvgIpc) is 3.04. The summed E-state index contributed by atoms with van der Waals surface area (Å²) in [7, 11) is 0. The number of hydrogen-bond acceptors (Lipinski definition) is 4. The van der Waals surface area contributed by atoms with Gasteiger partial charge >= 0.3 is 0 Å². The minimum atomic E-state index is -0.746. The monoisotopic (exact) mass is 464 g/mol. The highest BCUT2D eigenvalue weighted by molar-refractivity contribution is 6.42. The standard InChI is InChI=1S/C25H18Cl2N2O3/c1-12-9-16-19(10-13(12)2)32-24-21(23(16)30)22(15-7-8-17(26)18(27)11-15)29(25(24)31)20-6-4-5-14(3)28-20/h4-11,22H,1-3H3/t22-/m1/s1. The maximum Gasteiger partial charge on any atom is 0.296 e. The Morgan fingerprint density at radius 2 is 1.69 bits per heavy atom. The second-order valence-corrected chi connectivity index (χ2v) is 8.81. The van der Waals surface area contributed by atoms with Crippen molar-refractivity contribution < 1.29 is 9.21 Å². The molecule has 0 radical (unpaired) electrons. The molecular weight excluding hydrogens is 447 g/mol. The number of hydrogen-bond donors (Lipinski definition) is 0. The summed E-state index contributed by atoms with van der Waals surface area (Å²) in [6.07, 6.45) is 0. The van der Waals surface area contributed by atoms with Crippen molar-refractivity contribution in [2.24, 2.45) is 0 Å². The first kappa shape index (κ1) is 20.7. The fourth-order valence-corrected chi connectivity index (χ4v) is 4.43. The van der Waals surface area contributed by atoms with Gasteiger partial charge in [-0.25, -0.2) is 4.98 Å². The molecule has 0 aliphatic carbocycles. The molecule has 1 atom stereocenters. The number of rotatable bonds is 2. The number of aryl methyl sites for hydroxylation is 3. The second kappa shape index (κ2) is 7.47. The number of carbonyl (C=O) groups excluding carboxylic acids is 1. The summed E-state index contributed by atoms with van der Waals surface area (Å²) >= 11 is 12.4. The number of aromatic nitrogens is 1. The molecule has 0 N–H and O–H groups in total. The summed E-state index contributed by atoms with van der Waals surface area (Å²) in [6.45, 7) is 5.71. The first-order chi connectivity index (χ1) is 15.3. The van der Waals surface area contributed by atoms with Crippen LogP contribution in [0.2, 0.25) is 10.0 Å². The molecule has 1 aliphatic heterocycles. The Balaban J connectivity index is 1.84. The lowest BCUT2D eigenvalue weighted by molar-refractivity contribution is 0.0970. The molecule has 1 amide bonds. The Bertz CT molecular complexity index is 1490. The molecule has 2 aromatic heterocycles. The van der Waals surface area contributed by atoms with Gasteiger partial charge in [-0.15, -0.1) is 0 Å². The molecule has 3 heterocycles. The van der Waals surface area contributed by atoms with Crippen LogP contribution < -0.4 is 10.3 Å². The van der Waals surface area contributed by atoms with E-state index in [9.17, 15) is 9.59 Å². The first-order valence-electron chi connectivity index (χ1n) is 10.1. The van der Waals surface area contributed by atoms with E-state index in [1.807, 2.05) is 32.9 Å². The third-order valence-electron chi connectivity index (χ3n) is 5.87. The summed E-state index contributed by atoms with van der Waals surface area (Å²) in [5, 5.41) is 1.15. The molecule has 32 heavy (non-hydrogen) atoms. The van der Waals surface area contributed by atoms with Crippen molar-refractivity contribution in [1.29, 1.82) is 0 Å². The molecule has 4 aromatic rings. The van der Waals surface area contributed by atoms with Gasteiger partial charge in [0.1, 0.15) is 11.4 Å². The predicted octanol–water partition coefficient (Wildman–Crippen LogP) is 6.17. The molecule has 0 unspecified atom stereocenters. The van der Waals surface area contributed by atoms with Crippen molar-refractivity contribution in [3.05, 3.63) is 103 Å². The summed E-state index contributed by atoms with van der Waals surface area (Å²) in [6, 6.07) is 13.3. The maximum absolute atomic E-state index is 13.7. The largest absolute Gasteiger partial charge is 0.450 e. The smallest absolute Gasteiger partial charge is 0.296 e. The van der Waals surface area contributed by atoms with Crippen LogP contribution >= 0.6 is 23.2 Å². The molecule has 1 aliphatic rings. The van der Waals surface area contributed by atoms with Crippen molar-refractivity contribution in [3.8, 4) is 0 Å². The van der Waals surface area contributed by atoms with Gasteiger partial charge < -0.3 is 4.42 Å². The molecular formula is C25H18Cl2N2O3. The van der Waals surface area contributed by atoms with E-state index < -0.39 is 11.9 Å². The fourth-order valence-electron chi connectivity index (χ4n) is 4.13. The zero-order chi connectivity index (χ0) is 22.7. The highest BCUT2D eigenvalue weighted by atomic mass is 35.5. The van der Waals surface area contributed by atoms with Crippen LogP contribution in [0.1, 0.15) is 44.5 Å². The molecule has 0 bridgehead atoms. The minimum Gasteiger partial charge on any atom is -0.450 e. The van der Waals surface area contributed by atoms with Crippen LogP contribution in [0.15, 0.2) is 57.7 Å². The molecule has 5 rings (SSSR count). The molecule has 7 heteroatoms. The maximum atomic E-state index is 13.7. The van der Waals surface area contributed by atoms with E-state index in [1.165, 1.54) is 4.90 Å². The van der Waals surface area contributed by atoms with Gasteiger partial charge in [0.05, 0.1) is 27.0 Å². The number of benzene rings is 2. The van der Waals surface area contributed by atoms with Gasteiger partial charge in [0.2, 0.25) is 5.76 Å². The number of fused-ring (bicyclic) bond motifs is 2. The normalized spacial score (nSPS) is 15.5. The van der Waals surface area contributed by atoms with Gasteiger partial charge in [-0.05, 0) is 73.9 Å². The van der Waals surface area contributed by atoms with E-state index in [4.69, 9.17) is 27.6 Å². The predicted molar refractivity (Wildman–Crippen MR) is 126 cm³/mol. The zero-order valence-electron chi connectivity index (χ0n) is 17.6. The quantitative estimate of drug-likeness (QED) is 0.355. The molecule has 0 saturated heterocycles. The van der Waals surface area contributed by atoms with Crippen LogP contribution in [0.25, 0.3) is 11.0 Å². The van der Waals surface area contributed by atoms with Gasteiger partial charge in [0, 0.05) is 5.69 Å². The van der Waals surface area contributed by atoms with E-state index in [0.29, 0.717) is 32.4 Å². The van der Waals surface area contributed by atoms with E-state index >= 15 is 0 Å². The van der Waals surface area contributed by atoms with Crippen molar-refractivity contribution >= 4 is 45.9 Å². The highest BCUT2D eigenvalue weighted by Crippen LogP contribution is 2.42. The van der Waals surface area contributed by atoms with Crippen molar-refractivity contribution in [2.75, 3.05) is 4.90 Å². The van der Waals surface area contributed by atoms with Crippen LogP contribution in [0, 0.1) is 20.8 Å². The summed E-state index contributed by atoms with van der Waals surface area (Å²) in [4.78, 5) is 33.3. The van der Waals surface area contributed by atoms with E-state index in [0.717, 1.165) is 16.8 Å². The number of pyridine rings is 1. The van der Waals surface area contributed by atoms with Gasteiger partial charge in [0.15, 0.2) is 5.43 Å². The zero-order valence-corrected chi connectivity index (χ0v) is 19.1. The van der Waals surface area contributed by atoms with Crippen LogP contribution in [0.3, 0.4) is 0 Å². The number of halogens is 2. The Morgan fingerprint density at radius 3 is 2.41 bits per heavy atom. The summed E-state index contributed by atoms with van der Waals surface area (Å²) < 4.78 is 6.04. The fraction of sp³-hybridized carbons (Fsp3) is 0.160. The lowest BCUT2D eigenvalue weighted by Gasteiger charge is -2.24. The topological polar surface area (TPSA) is 63.4 Å². The van der Waals surface area contributed by atoms with Crippen LogP contribution in [-0.4, -0.2) is 10.9 Å². The number of amides is 1. The average molecular weight is 465 g/mol. The van der Waals surface area contributed by atoms with Crippen molar-refractivity contribution in [3.63, 3.8) is 0 Å². The van der Waals surface area contributed by atoms with E-state index in [-0.39, 0.29) is 16.8 Å².